The lowest BCUT2D eigenvalue weighted by Crippen LogP contribution is -2.31. The summed E-state index contributed by atoms with van der Waals surface area (Å²) in [6, 6.07) is 2.48. The number of nitrogens with one attached hydrogen (secondary N) is 1. The van der Waals surface area contributed by atoms with Gasteiger partial charge in [-0.2, -0.15) is 13.2 Å². The number of rotatable bonds is 2. The first-order chi connectivity index (χ1) is 8.88. The second kappa shape index (κ2) is 5.39. The topological polar surface area (TPSA) is 24.9 Å². The van der Waals surface area contributed by atoms with Crippen molar-refractivity contribution in [2.75, 3.05) is 5.32 Å². The second-order valence-corrected chi connectivity index (χ2v) is 5.51. The Balaban J connectivity index is 2.12. The smallest absolute Gasteiger partial charge is 0.367 e. The highest BCUT2D eigenvalue weighted by atomic mass is 19.4. The van der Waals surface area contributed by atoms with Gasteiger partial charge in [0.2, 0.25) is 0 Å². The highest BCUT2D eigenvalue weighted by Gasteiger charge is 2.35. The maximum atomic E-state index is 12.9. The van der Waals surface area contributed by atoms with Gasteiger partial charge in [-0.25, -0.2) is 4.98 Å². The number of nitrogens with zero attached hydrogens (tertiary/aromatic N) is 1. The van der Waals surface area contributed by atoms with E-state index in [2.05, 4.69) is 24.1 Å². The molecule has 3 unspecified atom stereocenters. The number of halogens is 3. The summed E-state index contributed by atoms with van der Waals surface area (Å²) in [4.78, 5) is 3.85. The molecule has 3 atom stereocenters. The number of anilines is 1. The average Bonchev–Trinajstić information content (AvgIpc) is 2.33. The second-order valence-electron chi connectivity index (χ2n) is 5.51. The average molecular weight is 272 g/mol. The van der Waals surface area contributed by atoms with Crippen LogP contribution in [0.3, 0.4) is 0 Å². The molecule has 1 aromatic rings. The molecule has 0 radical (unpaired) electrons. The van der Waals surface area contributed by atoms with E-state index in [9.17, 15) is 13.2 Å². The molecule has 5 heteroatoms. The number of aromatic nitrogens is 1. The van der Waals surface area contributed by atoms with Gasteiger partial charge in [-0.3, -0.25) is 0 Å². The summed E-state index contributed by atoms with van der Waals surface area (Å²) in [6.45, 7) is 4.35. The van der Waals surface area contributed by atoms with Crippen LogP contribution < -0.4 is 5.32 Å². The van der Waals surface area contributed by atoms with Crippen LogP contribution in [0.1, 0.15) is 38.7 Å². The third-order valence-corrected chi connectivity index (χ3v) is 4.05. The highest BCUT2D eigenvalue weighted by molar-refractivity contribution is 5.46. The molecule has 0 aliphatic heterocycles. The Morgan fingerprint density at radius 1 is 1.21 bits per heavy atom. The number of hydrogen-bond acceptors (Lipinski definition) is 2. The van der Waals surface area contributed by atoms with E-state index in [0.29, 0.717) is 11.8 Å². The van der Waals surface area contributed by atoms with Gasteiger partial charge in [-0.1, -0.05) is 13.8 Å². The zero-order valence-corrected chi connectivity index (χ0v) is 11.2. The lowest BCUT2D eigenvalue weighted by atomic mass is 9.79. The van der Waals surface area contributed by atoms with Crippen LogP contribution in [0.5, 0.6) is 0 Å². The van der Waals surface area contributed by atoms with Crippen molar-refractivity contribution in [2.24, 2.45) is 11.8 Å². The molecule has 19 heavy (non-hydrogen) atoms. The fraction of sp³-hybridized carbons (Fsp3) is 0.643. The van der Waals surface area contributed by atoms with E-state index < -0.39 is 11.7 Å². The Morgan fingerprint density at radius 2 is 1.95 bits per heavy atom. The van der Waals surface area contributed by atoms with Crippen LogP contribution in [0, 0.1) is 11.8 Å². The van der Waals surface area contributed by atoms with E-state index in [-0.39, 0.29) is 11.9 Å². The molecule has 2 nitrogen and oxygen atoms in total. The van der Waals surface area contributed by atoms with Crippen molar-refractivity contribution in [3.63, 3.8) is 0 Å². The van der Waals surface area contributed by atoms with Crippen LogP contribution in [0.4, 0.5) is 19.0 Å². The Bertz CT molecular complexity index is 431. The minimum absolute atomic E-state index is 0.0400. The molecular weight excluding hydrogens is 253 g/mol. The molecule has 1 aliphatic carbocycles. The van der Waals surface area contributed by atoms with Crippen LogP contribution in [-0.2, 0) is 6.18 Å². The molecule has 0 saturated heterocycles. The minimum atomic E-state index is -4.36. The van der Waals surface area contributed by atoms with Crippen LogP contribution in [0.15, 0.2) is 18.3 Å². The predicted octanol–water partition coefficient (Wildman–Crippen LogP) is 4.34. The summed E-state index contributed by atoms with van der Waals surface area (Å²) < 4.78 is 38.6. The van der Waals surface area contributed by atoms with Gasteiger partial charge in [0.1, 0.15) is 5.82 Å². The SMILES string of the molecule is CC1CCC(Nc2ncccc2C(F)(F)F)CC1C. The molecule has 1 aromatic heterocycles. The zero-order valence-electron chi connectivity index (χ0n) is 11.2. The third kappa shape index (κ3) is 3.39. The van der Waals surface area contributed by atoms with Gasteiger partial charge < -0.3 is 5.32 Å². The van der Waals surface area contributed by atoms with Crippen molar-refractivity contribution in [3.8, 4) is 0 Å². The van der Waals surface area contributed by atoms with Crippen molar-refractivity contribution >= 4 is 5.82 Å². The van der Waals surface area contributed by atoms with Crippen molar-refractivity contribution in [1.82, 2.24) is 4.98 Å². The molecule has 0 aromatic carbocycles. The van der Waals surface area contributed by atoms with Gasteiger partial charge in [0.15, 0.2) is 0 Å². The normalized spacial score (nSPS) is 28.2. The van der Waals surface area contributed by atoms with Gasteiger partial charge in [0.05, 0.1) is 5.56 Å². The largest absolute Gasteiger partial charge is 0.419 e. The van der Waals surface area contributed by atoms with Gasteiger partial charge in [-0.15, -0.1) is 0 Å². The summed E-state index contributed by atoms with van der Waals surface area (Å²) >= 11 is 0. The fourth-order valence-corrected chi connectivity index (χ4v) is 2.62. The lowest BCUT2D eigenvalue weighted by Gasteiger charge is -2.33. The number of alkyl halides is 3. The van der Waals surface area contributed by atoms with Gasteiger partial charge >= 0.3 is 6.18 Å². The Kier molecular flexibility index (Phi) is 4.02. The first-order valence-electron chi connectivity index (χ1n) is 6.66. The van der Waals surface area contributed by atoms with Gasteiger partial charge in [-0.05, 0) is 43.2 Å². The minimum Gasteiger partial charge on any atom is -0.367 e. The maximum Gasteiger partial charge on any atom is 0.419 e. The van der Waals surface area contributed by atoms with Crippen LogP contribution in [-0.4, -0.2) is 11.0 Å². The third-order valence-electron chi connectivity index (χ3n) is 4.05. The predicted molar refractivity (Wildman–Crippen MR) is 68.8 cm³/mol. The molecule has 1 aliphatic rings. The zero-order chi connectivity index (χ0) is 14.0. The van der Waals surface area contributed by atoms with Crippen molar-refractivity contribution in [1.29, 1.82) is 0 Å². The summed E-state index contributed by atoms with van der Waals surface area (Å²) in [5.74, 6) is 1.13. The number of pyridine rings is 1. The monoisotopic (exact) mass is 272 g/mol. The molecule has 1 heterocycles. The molecule has 0 spiro atoms. The van der Waals surface area contributed by atoms with Crippen molar-refractivity contribution < 1.29 is 13.2 Å². The van der Waals surface area contributed by atoms with Crippen molar-refractivity contribution in [2.45, 2.75) is 45.3 Å². The molecule has 1 saturated carbocycles. The Hall–Kier alpha value is -1.26. The van der Waals surface area contributed by atoms with E-state index >= 15 is 0 Å². The molecule has 1 N–H and O–H groups in total. The summed E-state index contributed by atoms with van der Waals surface area (Å²) in [5.41, 5.74) is -0.679. The van der Waals surface area contributed by atoms with Gasteiger partial charge in [0, 0.05) is 12.2 Å². The van der Waals surface area contributed by atoms with Crippen LogP contribution >= 0.6 is 0 Å². The molecule has 0 bridgehead atoms. The number of hydrogen-bond donors (Lipinski definition) is 1. The quantitative estimate of drug-likeness (QED) is 0.866. The summed E-state index contributed by atoms with van der Waals surface area (Å²) in [5, 5.41) is 2.98. The molecule has 1 fully saturated rings. The first-order valence-corrected chi connectivity index (χ1v) is 6.66. The Labute approximate surface area is 111 Å². The standard InChI is InChI=1S/C14H19F3N2/c1-9-5-6-11(8-10(9)2)19-13-12(14(15,16)17)4-3-7-18-13/h3-4,7,9-11H,5-6,8H2,1-2H3,(H,18,19). The summed E-state index contributed by atoms with van der Waals surface area (Å²) in [6.07, 6.45) is -0.113. The fourth-order valence-electron chi connectivity index (χ4n) is 2.62. The molecule has 2 rings (SSSR count). The van der Waals surface area contributed by atoms with E-state index in [4.69, 9.17) is 0 Å². The summed E-state index contributed by atoms with van der Waals surface area (Å²) in [7, 11) is 0. The van der Waals surface area contributed by atoms with Crippen LogP contribution in [0.2, 0.25) is 0 Å². The van der Waals surface area contributed by atoms with Crippen molar-refractivity contribution in [3.05, 3.63) is 23.9 Å². The van der Waals surface area contributed by atoms with E-state index in [1.54, 1.807) is 0 Å². The molecule has 0 amide bonds. The van der Waals surface area contributed by atoms with E-state index in [0.717, 1.165) is 25.3 Å². The highest BCUT2D eigenvalue weighted by Crippen LogP contribution is 2.36. The van der Waals surface area contributed by atoms with E-state index in [1.807, 2.05) is 0 Å². The first kappa shape index (κ1) is 14.2. The Morgan fingerprint density at radius 3 is 2.58 bits per heavy atom. The maximum absolute atomic E-state index is 12.9. The van der Waals surface area contributed by atoms with Gasteiger partial charge in [0.25, 0.3) is 0 Å². The molecule has 106 valence electrons. The molecular formula is C14H19F3N2. The van der Waals surface area contributed by atoms with E-state index in [1.165, 1.54) is 12.3 Å². The van der Waals surface area contributed by atoms with Crippen LogP contribution in [0.25, 0.3) is 0 Å². The lowest BCUT2D eigenvalue weighted by molar-refractivity contribution is -0.137.